The number of H-pyrrole nitrogens is 1. The lowest BCUT2D eigenvalue weighted by Crippen LogP contribution is -2.43. The molecule has 1 saturated carbocycles. The van der Waals surface area contributed by atoms with Gasteiger partial charge in [-0.2, -0.15) is 5.10 Å². The molecule has 2 N–H and O–H groups in total. The van der Waals surface area contributed by atoms with Crippen LogP contribution in [0.1, 0.15) is 45.1 Å². The van der Waals surface area contributed by atoms with Crippen molar-refractivity contribution < 1.29 is 0 Å². The Morgan fingerprint density at radius 3 is 3.07 bits per heavy atom. The Morgan fingerprint density at radius 1 is 1.53 bits per heavy atom. The fourth-order valence-corrected chi connectivity index (χ4v) is 2.49. The van der Waals surface area contributed by atoms with Crippen molar-refractivity contribution in [1.82, 2.24) is 15.5 Å². The molecule has 0 amide bonds. The average Bonchev–Trinajstić information content (AvgIpc) is 2.68. The summed E-state index contributed by atoms with van der Waals surface area (Å²) in [4.78, 5) is 0. The molecule has 1 fully saturated rings. The van der Waals surface area contributed by atoms with Gasteiger partial charge in [-0.15, -0.1) is 0 Å². The Balaban J connectivity index is 1.88. The number of nitrogens with zero attached hydrogens (tertiary/aromatic N) is 1. The van der Waals surface area contributed by atoms with E-state index in [9.17, 15) is 0 Å². The molecule has 1 heterocycles. The summed E-state index contributed by atoms with van der Waals surface area (Å²) in [7, 11) is 0. The van der Waals surface area contributed by atoms with Crippen LogP contribution in [0.3, 0.4) is 0 Å². The Morgan fingerprint density at radius 2 is 2.40 bits per heavy atom. The van der Waals surface area contributed by atoms with Gasteiger partial charge in [0.2, 0.25) is 0 Å². The molecule has 3 heteroatoms. The Labute approximate surface area is 91.7 Å². The van der Waals surface area contributed by atoms with Gasteiger partial charge in [0.05, 0.1) is 6.20 Å². The normalized spacial score (nSPS) is 25.3. The first-order valence-corrected chi connectivity index (χ1v) is 5.89. The highest BCUT2D eigenvalue weighted by atomic mass is 15.1. The molecule has 1 atom stereocenters. The largest absolute Gasteiger partial charge is 0.309 e. The molecule has 84 valence electrons. The molecule has 2 rings (SSSR count). The van der Waals surface area contributed by atoms with Crippen LogP contribution in [0.4, 0.5) is 0 Å². The minimum absolute atomic E-state index is 0.446. The SMILES string of the molecule is CC1(C)CCCCC1NCc1cn[nH]c1. The molecule has 1 aliphatic rings. The molecule has 0 bridgehead atoms. The highest BCUT2D eigenvalue weighted by molar-refractivity contribution is 5.02. The topological polar surface area (TPSA) is 40.7 Å². The number of hydrogen-bond acceptors (Lipinski definition) is 2. The fourth-order valence-electron chi connectivity index (χ4n) is 2.49. The van der Waals surface area contributed by atoms with Gasteiger partial charge < -0.3 is 5.32 Å². The summed E-state index contributed by atoms with van der Waals surface area (Å²) in [5.41, 5.74) is 1.69. The number of hydrogen-bond donors (Lipinski definition) is 2. The van der Waals surface area contributed by atoms with Crippen LogP contribution in [0.2, 0.25) is 0 Å². The third-order valence-corrected chi connectivity index (χ3v) is 3.61. The Hall–Kier alpha value is -0.830. The van der Waals surface area contributed by atoms with E-state index in [1.54, 1.807) is 0 Å². The summed E-state index contributed by atoms with van der Waals surface area (Å²) in [6.07, 6.45) is 9.26. The molecule has 1 aromatic heterocycles. The van der Waals surface area contributed by atoms with Crippen LogP contribution >= 0.6 is 0 Å². The summed E-state index contributed by atoms with van der Waals surface area (Å²) in [6, 6.07) is 0.654. The first-order chi connectivity index (χ1) is 7.18. The molecule has 1 unspecified atom stereocenters. The van der Waals surface area contributed by atoms with Gasteiger partial charge in [-0.3, -0.25) is 5.10 Å². The first kappa shape index (κ1) is 10.7. The van der Waals surface area contributed by atoms with Gasteiger partial charge in [0, 0.05) is 24.3 Å². The maximum atomic E-state index is 3.96. The van der Waals surface area contributed by atoms with E-state index in [-0.39, 0.29) is 0 Å². The minimum atomic E-state index is 0.446. The second kappa shape index (κ2) is 4.35. The lowest BCUT2D eigenvalue weighted by Gasteiger charge is -2.39. The molecule has 1 aromatic rings. The number of aromatic nitrogens is 2. The summed E-state index contributed by atoms with van der Waals surface area (Å²) in [5.74, 6) is 0. The maximum absolute atomic E-state index is 3.96. The molecule has 1 aliphatic carbocycles. The third kappa shape index (κ3) is 2.59. The van der Waals surface area contributed by atoms with Crippen LogP contribution < -0.4 is 5.32 Å². The van der Waals surface area contributed by atoms with E-state index in [0.29, 0.717) is 11.5 Å². The van der Waals surface area contributed by atoms with Gasteiger partial charge in [0.15, 0.2) is 0 Å². The number of nitrogens with one attached hydrogen (secondary N) is 2. The Kier molecular flexibility index (Phi) is 3.10. The van der Waals surface area contributed by atoms with E-state index >= 15 is 0 Å². The highest BCUT2D eigenvalue weighted by Crippen LogP contribution is 2.35. The summed E-state index contributed by atoms with van der Waals surface area (Å²) < 4.78 is 0. The van der Waals surface area contributed by atoms with E-state index < -0.39 is 0 Å². The average molecular weight is 207 g/mol. The zero-order valence-corrected chi connectivity index (χ0v) is 9.71. The molecule has 0 saturated heterocycles. The highest BCUT2D eigenvalue weighted by Gasteiger charge is 2.31. The van der Waals surface area contributed by atoms with E-state index in [2.05, 4.69) is 29.4 Å². The predicted octanol–water partition coefficient (Wildman–Crippen LogP) is 2.47. The van der Waals surface area contributed by atoms with Crippen LogP contribution in [-0.4, -0.2) is 16.2 Å². The first-order valence-electron chi connectivity index (χ1n) is 5.89. The van der Waals surface area contributed by atoms with Gasteiger partial charge >= 0.3 is 0 Å². The molecule has 0 aliphatic heterocycles. The summed E-state index contributed by atoms with van der Waals surface area (Å²) in [5, 5.41) is 10.5. The van der Waals surface area contributed by atoms with Crippen molar-refractivity contribution in [2.75, 3.05) is 0 Å². The second-order valence-corrected chi connectivity index (χ2v) is 5.27. The van der Waals surface area contributed by atoms with Crippen LogP contribution in [-0.2, 0) is 6.54 Å². The fraction of sp³-hybridized carbons (Fsp3) is 0.750. The predicted molar refractivity (Wildman–Crippen MR) is 61.5 cm³/mol. The minimum Gasteiger partial charge on any atom is -0.309 e. The molecule has 3 nitrogen and oxygen atoms in total. The monoisotopic (exact) mass is 207 g/mol. The molecular weight excluding hydrogens is 186 g/mol. The van der Waals surface area contributed by atoms with Gasteiger partial charge in [0.25, 0.3) is 0 Å². The number of rotatable bonds is 3. The lowest BCUT2D eigenvalue weighted by atomic mass is 9.73. The van der Waals surface area contributed by atoms with Gasteiger partial charge in [-0.25, -0.2) is 0 Å². The van der Waals surface area contributed by atoms with Crippen molar-refractivity contribution in [1.29, 1.82) is 0 Å². The molecule has 0 aromatic carbocycles. The lowest BCUT2D eigenvalue weighted by molar-refractivity contribution is 0.167. The summed E-state index contributed by atoms with van der Waals surface area (Å²) >= 11 is 0. The van der Waals surface area contributed by atoms with Gasteiger partial charge in [-0.05, 0) is 18.3 Å². The van der Waals surface area contributed by atoms with Crippen molar-refractivity contribution >= 4 is 0 Å². The molecular formula is C12H21N3. The van der Waals surface area contributed by atoms with Crippen molar-refractivity contribution in [3.05, 3.63) is 18.0 Å². The van der Waals surface area contributed by atoms with Crippen molar-refractivity contribution in [2.45, 2.75) is 52.1 Å². The van der Waals surface area contributed by atoms with E-state index in [0.717, 1.165) is 6.54 Å². The van der Waals surface area contributed by atoms with Crippen LogP contribution in [0.15, 0.2) is 12.4 Å². The van der Waals surface area contributed by atoms with Crippen molar-refractivity contribution in [3.63, 3.8) is 0 Å². The van der Waals surface area contributed by atoms with Gasteiger partial charge in [0.1, 0.15) is 0 Å². The Bertz CT molecular complexity index is 290. The van der Waals surface area contributed by atoms with Crippen molar-refractivity contribution in [2.24, 2.45) is 5.41 Å². The third-order valence-electron chi connectivity index (χ3n) is 3.61. The molecule has 15 heavy (non-hydrogen) atoms. The van der Waals surface area contributed by atoms with Gasteiger partial charge in [-0.1, -0.05) is 26.7 Å². The number of aromatic amines is 1. The van der Waals surface area contributed by atoms with Crippen LogP contribution in [0.25, 0.3) is 0 Å². The zero-order valence-electron chi connectivity index (χ0n) is 9.71. The van der Waals surface area contributed by atoms with E-state index in [1.165, 1.54) is 31.2 Å². The molecule has 0 spiro atoms. The summed E-state index contributed by atoms with van der Waals surface area (Å²) in [6.45, 7) is 5.68. The maximum Gasteiger partial charge on any atom is 0.0532 e. The van der Waals surface area contributed by atoms with E-state index in [4.69, 9.17) is 0 Å². The standard InChI is InChI=1S/C12H21N3/c1-12(2)6-4-3-5-11(12)13-7-10-8-14-15-9-10/h8-9,11,13H,3-7H2,1-2H3,(H,14,15). The van der Waals surface area contributed by atoms with Crippen LogP contribution in [0.5, 0.6) is 0 Å². The zero-order chi connectivity index (χ0) is 10.7. The smallest absolute Gasteiger partial charge is 0.0532 e. The van der Waals surface area contributed by atoms with E-state index in [1.807, 2.05) is 12.4 Å². The van der Waals surface area contributed by atoms with Crippen LogP contribution in [0, 0.1) is 5.41 Å². The second-order valence-electron chi connectivity index (χ2n) is 5.27. The molecule has 0 radical (unpaired) electrons. The quantitative estimate of drug-likeness (QED) is 0.799. The van der Waals surface area contributed by atoms with Crippen molar-refractivity contribution in [3.8, 4) is 0 Å².